The zero-order valence-electron chi connectivity index (χ0n) is 25.3. The maximum atomic E-state index is 14.4. The predicted molar refractivity (Wildman–Crippen MR) is 168 cm³/mol. The van der Waals surface area contributed by atoms with Crippen molar-refractivity contribution in [2.45, 2.75) is 46.7 Å². The van der Waals surface area contributed by atoms with Crippen LogP contribution in [-0.2, 0) is 32.6 Å². The highest BCUT2D eigenvalue weighted by Crippen LogP contribution is 2.35. The van der Waals surface area contributed by atoms with Gasteiger partial charge in [0.05, 0.1) is 11.4 Å². The fraction of sp³-hybridized carbons (Fsp3) is 0.394. The van der Waals surface area contributed by atoms with Gasteiger partial charge in [-0.15, -0.1) is 0 Å². The van der Waals surface area contributed by atoms with Gasteiger partial charge in [0.1, 0.15) is 25.8 Å². The van der Waals surface area contributed by atoms with E-state index in [1.807, 2.05) is 75.4 Å². The second-order valence-electron chi connectivity index (χ2n) is 11.0. The van der Waals surface area contributed by atoms with Gasteiger partial charge in [0.2, 0.25) is 21.8 Å². The molecule has 0 aliphatic carbocycles. The number of nitrogens with one attached hydrogen (secondary N) is 1. The standard InChI is InChI=1S/C33H41N3O6S/c1-5-43(39,40)36(28-15-16-30-31(20-28)42-18-17-41-30)23-32(37)35(22-27-14-10-9-11-25(27)4)29(33(38)34-21-24(2)3)19-26-12-7-6-8-13-26/h6-16,20,24,29H,5,17-19,21-23H2,1-4H3,(H,34,38)/t29-/m0/s1. The molecule has 3 aromatic carbocycles. The lowest BCUT2D eigenvalue weighted by Gasteiger charge is -2.34. The largest absolute Gasteiger partial charge is 0.486 e. The van der Waals surface area contributed by atoms with E-state index in [4.69, 9.17) is 9.47 Å². The summed E-state index contributed by atoms with van der Waals surface area (Å²) in [6, 6.07) is 21.2. The Morgan fingerprint density at radius 1 is 0.930 bits per heavy atom. The number of ether oxygens (including phenoxy) is 2. The summed E-state index contributed by atoms with van der Waals surface area (Å²) in [6.45, 7) is 8.34. The summed E-state index contributed by atoms with van der Waals surface area (Å²) < 4.78 is 39.2. The smallest absolute Gasteiger partial charge is 0.244 e. The van der Waals surface area contributed by atoms with Crippen molar-refractivity contribution in [1.82, 2.24) is 10.2 Å². The molecular formula is C33H41N3O6S. The molecule has 0 aromatic heterocycles. The Morgan fingerprint density at radius 3 is 2.28 bits per heavy atom. The topological polar surface area (TPSA) is 105 Å². The molecule has 1 N–H and O–H groups in total. The third-order valence-electron chi connectivity index (χ3n) is 7.35. The van der Waals surface area contributed by atoms with E-state index in [0.717, 1.165) is 21.0 Å². The van der Waals surface area contributed by atoms with Gasteiger partial charge in [-0.3, -0.25) is 13.9 Å². The van der Waals surface area contributed by atoms with Gasteiger partial charge in [0.25, 0.3) is 0 Å². The summed E-state index contributed by atoms with van der Waals surface area (Å²) in [4.78, 5) is 29.6. The van der Waals surface area contributed by atoms with Crippen molar-refractivity contribution < 1.29 is 27.5 Å². The van der Waals surface area contributed by atoms with Crippen LogP contribution in [0.3, 0.4) is 0 Å². The number of sulfonamides is 1. The van der Waals surface area contributed by atoms with Crippen LogP contribution < -0.4 is 19.1 Å². The number of amides is 2. The van der Waals surface area contributed by atoms with E-state index < -0.39 is 28.5 Å². The van der Waals surface area contributed by atoms with Gasteiger partial charge < -0.3 is 19.7 Å². The molecule has 4 rings (SSSR count). The number of carbonyl (C=O) groups excluding carboxylic acids is 2. The first-order valence-electron chi connectivity index (χ1n) is 14.6. The Labute approximate surface area is 254 Å². The minimum atomic E-state index is -3.89. The highest BCUT2D eigenvalue weighted by molar-refractivity contribution is 7.92. The van der Waals surface area contributed by atoms with E-state index in [2.05, 4.69) is 5.32 Å². The number of benzene rings is 3. The number of hydrogen-bond donors (Lipinski definition) is 1. The quantitative estimate of drug-likeness (QED) is 0.310. The summed E-state index contributed by atoms with van der Waals surface area (Å²) in [7, 11) is -3.89. The number of nitrogens with zero attached hydrogens (tertiary/aromatic N) is 2. The van der Waals surface area contributed by atoms with Crippen LogP contribution in [0.25, 0.3) is 0 Å². The first kappa shape index (κ1) is 31.9. The molecule has 0 bridgehead atoms. The van der Waals surface area contributed by atoms with E-state index in [0.29, 0.717) is 36.9 Å². The van der Waals surface area contributed by atoms with Gasteiger partial charge >= 0.3 is 0 Å². The number of fused-ring (bicyclic) bond motifs is 1. The molecule has 9 nitrogen and oxygen atoms in total. The van der Waals surface area contributed by atoms with Gasteiger partial charge in [-0.1, -0.05) is 68.4 Å². The Morgan fingerprint density at radius 2 is 1.60 bits per heavy atom. The SMILES string of the molecule is CCS(=O)(=O)N(CC(=O)N(Cc1ccccc1C)[C@@H](Cc1ccccc1)C(=O)NCC(C)C)c1ccc2c(c1)OCCO2. The number of anilines is 1. The van der Waals surface area contributed by atoms with Crippen LogP contribution in [0.4, 0.5) is 5.69 Å². The van der Waals surface area contributed by atoms with E-state index in [1.165, 1.54) is 11.8 Å². The van der Waals surface area contributed by atoms with Crippen LogP contribution in [0.1, 0.15) is 37.5 Å². The van der Waals surface area contributed by atoms with E-state index in [-0.39, 0.29) is 30.5 Å². The zero-order valence-corrected chi connectivity index (χ0v) is 26.1. The van der Waals surface area contributed by atoms with Crippen molar-refractivity contribution >= 4 is 27.5 Å². The molecule has 1 aliphatic heterocycles. The molecule has 3 aromatic rings. The second-order valence-corrected chi connectivity index (χ2v) is 13.2. The van der Waals surface area contributed by atoms with Crippen LogP contribution in [-0.4, -0.2) is 63.2 Å². The molecule has 0 saturated heterocycles. The third kappa shape index (κ3) is 8.28. The monoisotopic (exact) mass is 607 g/mol. The fourth-order valence-corrected chi connectivity index (χ4v) is 5.91. The number of rotatable bonds is 13. The average molecular weight is 608 g/mol. The highest BCUT2D eigenvalue weighted by Gasteiger charge is 2.34. The van der Waals surface area contributed by atoms with Crippen LogP contribution in [0.2, 0.25) is 0 Å². The minimum absolute atomic E-state index is 0.138. The third-order valence-corrected chi connectivity index (χ3v) is 9.09. The van der Waals surface area contributed by atoms with Crippen LogP contribution >= 0.6 is 0 Å². The fourth-order valence-electron chi connectivity index (χ4n) is 4.85. The first-order valence-corrected chi connectivity index (χ1v) is 16.3. The van der Waals surface area contributed by atoms with Crippen molar-refractivity contribution in [3.05, 3.63) is 89.5 Å². The molecule has 0 unspecified atom stereocenters. The van der Waals surface area contributed by atoms with Crippen molar-refractivity contribution in [2.24, 2.45) is 5.92 Å². The maximum absolute atomic E-state index is 14.4. The second kappa shape index (κ2) is 14.4. The molecule has 0 fully saturated rings. The summed E-state index contributed by atoms with van der Waals surface area (Å²) in [5.74, 6) is 0.150. The van der Waals surface area contributed by atoms with Crippen molar-refractivity contribution in [2.75, 3.05) is 36.4 Å². The molecule has 230 valence electrons. The lowest BCUT2D eigenvalue weighted by atomic mass is 10.0. The molecular weight excluding hydrogens is 566 g/mol. The zero-order chi connectivity index (χ0) is 31.0. The Kier molecular flexibility index (Phi) is 10.7. The van der Waals surface area contributed by atoms with Gasteiger partial charge in [-0.05, 0) is 48.6 Å². The van der Waals surface area contributed by atoms with E-state index in [1.54, 1.807) is 18.2 Å². The highest BCUT2D eigenvalue weighted by atomic mass is 32.2. The van der Waals surface area contributed by atoms with Crippen LogP contribution in [0.15, 0.2) is 72.8 Å². The Hall–Kier alpha value is -4.05. The summed E-state index contributed by atoms with van der Waals surface area (Å²) in [5.41, 5.74) is 3.01. The molecule has 0 radical (unpaired) electrons. The summed E-state index contributed by atoms with van der Waals surface area (Å²) in [6.07, 6.45) is 0.271. The lowest BCUT2D eigenvalue weighted by molar-refractivity contribution is -0.140. The number of carbonyl (C=O) groups is 2. The van der Waals surface area contributed by atoms with Gasteiger partial charge in [0, 0.05) is 25.6 Å². The lowest BCUT2D eigenvalue weighted by Crippen LogP contribution is -2.54. The molecule has 43 heavy (non-hydrogen) atoms. The maximum Gasteiger partial charge on any atom is 0.244 e. The van der Waals surface area contributed by atoms with E-state index >= 15 is 0 Å². The summed E-state index contributed by atoms with van der Waals surface area (Å²) >= 11 is 0. The van der Waals surface area contributed by atoms with Crippen molar-refractivity contribution in [1.29, 1.82) is 0 Å². The van der Waals surface area contributed by atoms with Gasteiger partial charge in [0.15, 0.2) is 11.5 Å². The molecule has 1 heterocycles. The summed E-state index contributed by atoms with van der Waals surface area (Å²) in [5, 5.41) is 3.00. The van der Waals surface area contributed by atoms with Crippen LogP contribution in [0, 0.1) is 12.8 Å². The number of aryl methyl sites for hydroxylation is 1. The average Bonchev–Trinajstić information content (AvgIpc) is 3.01. The molecule has 1 atom stereocenters. The van der Waals surface area contributed by atoms with Crippen molar-refractivity contribution in [3.63, 3.8) is 0 Å². The molecule has 2 amide bonds. The van der Waals surface area contributed by atoms with E-state index in [9.17, 15) is 18.0 Å². The first-order chi connectivity index (χ1) is 20.6. The normalized spacial score (nSPS) is 13.3. The van der Waals surface area contributed by atoms with Crippen molar-refractivity contribution in [3.8, 4) is 11.5 Å². The predicted octanol–water partition coefficient (Wildman–Crippen LogP) is 4.33. The molecule has 0 spiro atoms. The minimum Gasteiger partial charge on any atom is -0.486 e. The van der Waals surface area contributed by atoms with Gasteiger partial charge in [-0.25, -0.2) is 8.42 Å². The molecule has 0 saturated carbocycles. The van der Waals surface area contributed by atoms with Crippen LogP contribution in [0.5, 0.6) is 11.5 Å². The number of hydrogen-bond acceptors (Lipinski definition) is 6. The van der Waals surface area contributed by atoms with Gasteiger partial charge in [-0.2, -0.15) is 0 Å². The Balaban J connectivity index is 1.75. The molecule has 10 heteroatoms. The Bertz CT molecular complexity index is 1510. The molecule has 1 aliphatic rings.